The van der Waals surface area contributed by atoms with Crippen LogP contribution in [0.1, 0.15) is 0 Å². The summed E-state index contributed by atoms with van der Waals surface area (Å²) in [6.45, 7) is 0. The first-order valence-corrected chi connectivity index (χ1v) is 10.1. The zero-order valence-corrected chi connectivity index (χ0v) is 15.7. The van der Waals surface area contributed by atoms with Crippen molar-refractivity contribution in [2.24, 2.45) is 0 Å². The summed E-state index contributed by atoms with van der Waals surface area (Å²) in [4.78, 5) is 2.41. The van der Waals surface area contributed by atoms with Crippen LogP contribution < -0.4 is 0 Å². The molecule has 0 radical (unpaired) electrons. The summed E-state index contributed by atoms with van der Waals surface area (Å²) in [6, 6.07) is 26.1. The van der Waals surface area contributed by atoms with Gasteiger partial charge in [-0.25, -0.2) is 0 Å². The molecule has 3 aromatic carbocycles. The van der Waals surface area contributed by atoms with E-state index in [0.717, 1.165) is 0 Å². The van der Waals surface area contributed by atoms with E-state index in [9.17, 15) is 0 Å². The molecule has 0 unspecified atom stereocenters. The number of fused-ring (bicyclic) bond motifs is 1. The molecular formula is C20H13ISe. The molecule has 0 atom stereocenters. The Morgan fingerprint density at radius 1 is 0.682 bits per heavy atom. The van der Waals surface area contributed by atoms with E-state index in [4.69, 9.17) is 0 Å². The monoisotopic (exact) mass is 460 g/mol. The molecule has 0 nitrogen and oxygen atoms in total. The predicted octanol–water partition coefficient (Wildman–Crippen LogP) is 5.84. The number of hydrogen-bond donors (Lipinski definition) is 0. The molecule has 0 N–H and O–H groups in total. The van der Waals surface area contributed by atoms with Gasteiger partial charge in [-0.05, 0) is 0 Å². The minimum absolute atomic E-state index is 0.407. The van der Waals surface area contributed by atoms with Crippen LogP contribution in [0.4, 0.5) is 0 Å². The summed E-state index contributed by atoms with van der Waals surface area (Å²) >= 11 is 2.92. The first kappa shape index (κ1) is 14.3. The van der Waals surface area contributed by atoms with Gasteiger partial charge in [0.2, 0.25) is 0 Å². The molecule has 106 valence electrons. The number of hydrogen-bond acceptors (Lipinski definition) is 0. The molecular weight excluding hydrogens is 446 g/mol. The van der Waals surface area contributed by atoms with Gasteiger partial charge in [0.05, 0.1) is 0 Å². The Morgan fingerprint density at radius 3 is 2.23 bits per heavy atom. The van der Waals surface area contributed by atoms with Gasteiger partial charge < -0.3 is 0 Å². The van der Waals surface area contributed by atoms with Gasteiger partial charge in [-0.15, -0.1) is 0 Å². The molecule has 0 fully saturated rings. The Bertz CT molecular complexity index is 938. The van der Waals surface area contributed by atoms with Crippen molar-refractivity contribution >= 4 is 47.9 Å². The van der Waals surface area contributed by atoms with Crippen LogP contribution in [0.2, 0.25) is 0 Å². The molecule has 0 spiro atoms. The van der Waals surface area contributed by atoms with Gasteiger partial charge in [0, 0.05) is 0 Å². The molecule has 4 aromatic rings. The summed E-state index contributed by atoms with van der Waals surface area (Å²) in [7, 11) is 0. The van der Waals surface area contributed by atoms with E-state index in [1.807, 2.05) is 0 Å². The SMILES string of the molecule is Ic1c(-c2ccccc2)c[se]c1-c1ccc2ccccc2c1. The van der Waals surface area contributed by atoms with Crippen LogP contribution in [0.25, 0.3) is 31.9 Å². The molecule has 0 saturated heterocycles. The number of rotatable bonds is 2. The van der Waals surface area contributed by atoms with Gasteiger partial charge in [0.25, 0.3) is 0 Å². The van der Waals surface area contributed by atoms with Crippen LogP contribution in [-0.2, 0) is 0 Å². The third-order valence-electron chi connectivity index (χ3n) is 3.83. The van der Waals surface area contributed by atoms with Gasteiger partial charge in [0.15, 0.2) is 0 Å². The number of benzene rings is 3. The maximum atomic E-state index is 2.51. The zero-order valence-electron chi connectivity index (χ0n) is 11.8. The quantitative estimate of drug-likeness (QED) is 0.261. The van der Waals surface area contributed by atoms with Crippen LogP contribution in [0.15, 0.2) is 77.7 Å². The van der Waals surface area contributed by atoms with E-state index < -0.39 is 0 Å². The fourth-order valence-electron chi connectivity index (χ4n) is 2.68. The van der Waals surface area contributed by atoms with E-state index in [1.165, 1.54) is 35.5 Å². The van der Waals surface area contributed by atoms with Crippen molar-refractivity contribution in [2.45, 2.75) is 0 Å². The summed E-state index contributed by atoms with van der Waals surface area (Å²) in [6.07, 6.45) is 0. The van der Waals surface area contributed by atoms with E-state index in [1.54, 1.807) is 0 Å². The first-order valence-electron chi connectivity index (χ1n) is 7.14. The normalized spacial score (nSPS) is 11.0. The fraction of sp³-hybridized carbons (Fsp3) is 0. The van der Waals surface area contributed by atoms with E-state index in [0.29, 0.717) is 14.5 Å². The average molecular weight is 459 g/mol. The molecule has 0 saturated carbocycles. The summed E-state index contributed by atoms with van der Waals surface area (Å²) in [5.74, 6) is 0. The van der Waals surface area contributed by atoms with Crippen LogP contribution in [-0.4, -0.2) is 14.5 Å². The Balaban J connectivity index is 1.84. The molecule has 0 bridgehead atoms. The first-order chi connectivity index (χ1) is 10.8. The van der Waals surface area contributed by atoms with Crippen molar-refractivity contribution in [3.8, 4) is 21.1 Å². The van der Waals surface area contributed by atoms with Crippen LogP contribution >= 0.6 is 22.6 Å². The Morgan fingerprint density at radius 2 is 1.41 bits per heavy atom. The van der Waals surface area contributed by atoms with E-state index in [2.05, 4.69) is 100 Å². The zero-order chi connectivity index (χ0) is 14.9. The third-order valence-corrected chi connectivity index (χ3v) is 7.93. The Labute approximate surface area is 149 Å². The van der Waals surface area contributed by atoms with Gasteiger partial charge in [-0.1, -0.05) is 0 Å². The standard InChI is InChI=1S/C20H13ISe/c21-19-18(15-7-2-1-3-8-15)13-22-20(19)17-11-10-14-6-4-5-9-16(14)12-17/h1-13H. The molecule has 1 heterocycles. The Kier molecular flexibility index (Phi) is 3.91. The van der Waals surface area contributed by atoms with Crippen molar-refractivity contribution < 1.29 is 0 Å². The van der Waals surface area contributed by atoms with Gasteiger partial charge in [-0.3, -0.25) is 0 Å². The summed E-state index contributed by atoms with van der Waals surface area (Å²) in [5.41, 5.74) is 4.08. The van der Waals surface area contributed by atoms with E-state index >= 15 is 0 Å². The third kappa shape index (κ3) is 2.56. The van der Waals surface area contributed by atoms with Crippen molar-refractivity contribution in [3.05, 3.63) is 81.3 Å². The maximum absolute atomic E-state index is 2.51. The van der Waals surface area contributed by atoms with Crippen LogP contribution in [0.5, 0.6) is 0 Å². The summed E-state index contributed by atoms with van der Waals surface area (Å²) < 4.78 is 2.90. The average Bonchev–Trinajstić information content (AvgIpc) is 2.97. The second-order valence-electron chi connectivity index (χ2n) is 5.22. The molecule has 0 amide bonds. The topological polar surface area (TPSA) is 0 Å². The Hall–Kier alpha value is -1.35. The molecule has 2 heteroatoms. The molecule has 0 aliphatic carbocycles. The number of halogens is 1. The molecule has 0 aliphatic rings. The van der Waals surface area contributed by atoms with Gasteiger partial charge in [0.1, 0.15) is 0 Å². The predicted molar refractivity (Wildman–Crippen MR) is 104 cm³/mol. The van der Waals surface area contributed by atoms with Gasteiger partial charge in [-0.2, -0.15) is 0 Å². The van der Waals surface area contributed by atoms with E-state index in [-0.39, 0.29) is 0 Å². The second-order valence-corrected chi connectivity index (χ2v) is 8.14. The molecule has 0 aliphatic heterocycles. The van der Waals surface area contributed by atoms with Crippen molar-refractivity contribution in [1.82, 2.24) is 0 Å². The molecule has 4 rings (SSSR count). The van der Waals surface area contributed by atoms with Crippen molar-refractivity contribution in [1.29, 1.82) is 0 Å². The summed E-state index contributed by atoms with van der Waals surface area (Å²) in [5, 5.41) is 2.63. The minimum atomic E-state index is 0.407. The molecule has 1 aromatic heterocycles. The van der Waals surface area contributed by atoms with Gasteiger partial charge >= 0.3 is 150 Å². The molecule has 22 heavy (non-hydrogen) atoms. The van der Waals surface area contributed by atoms with Crippen LogP contribution in [0.3, 0.4) is 0 Å². The second kappa shape index (κ2) is 6.04. The van der Waals surface area contributed by atoms with Crippen molar-refractivity contribution in [3.63, 3.8) is 0 Å². The van der Waals surface area contributed by atoms with Crippen LogP contribution in [0, 0.1) is 3.57 Å². The fourth-order valence-corrected chi connectivity index (χ4v) is 6.62. The van der Waals surface area contributed by atoms with Crippen molar-refractivity contribution in [2.75, 3.05) is 0 Å².